The zero-order chi connectivity index (χ0) is 13.8. The molecule has 0 saturated carbocycles. The fourth-order valence-electron chi connectivity index (χ4n) is 1.57. The van der Waals surface area contributed by atoms with Crippen LogP contribution in [-0.4, -0.2) is 26.3 Å². The molecule has 0 aromatic heterocycles. The number of hydrogen-bond donors (Lipinski definition) is 2. The van der Waals surface area contributed by atoms with E-state index in [2.05, 4.69) is 0 Å². The van der Waals surface area contributed by atoms with Crippen LogP contribution in [0.5, 0.6) is 5.75 Å². The Morgan fingerprint density at radius 1 is 1.33 bits per heavy atom. The van der Waals surface area contributed by atoms with Crippen molar-refractivity contribution in [2.45, 2.75) is 26.2 Å². The van der Waals surface area contributed by atoms with Crippen LogP contribution in [0.4, 0.5) is 11.4 Å². The van der Waals surface area contributed by atoms with E-state index in [1.54, 1.807) is 0 Å². The molecule has 5 nitrogen and oxygen atoms in total. The van der Waals surface area contributed by atoms with Gasteiger partial charge in [-0.15, -0.1) is 0 Å². The predicted octanol–water partition coefficient (Wildman–Crippen LogP) is 1.93. The molecule has 0 heterocycles. The highest BCUT2D eigenvalue weighted by atomic mass is 32.2. The molecule has 0 atom stereocenters. The van der Waals surface area contributed by atoms with Crippen molar-refractivity contribution < 1.29 is 13.5 Å². The first kappa shape index (κ1) is 14.6. The monoisotopic (exact) mass is 272 g/mol. The lowest BCUT2D eigenvalue weighted by Crippen LogP contribution is -2.29. The van der Waals surface area contributed by atoms with E-state index < -0.39 is 10.0 Å². The van der Waals surface area contributed by atoms with E-state index >= 15 is 0 Å². The van der Waals surface area contributed by atoms with Crippen molar-refractivity contribution >= 4 is 21.4 Å². The van der Waals surface area contributed by atoms with Crippen LogP contribution in [0.1, 0.15) is 26.2 Å². The van der Waals surface area contributed by atoms with Crippen molar-refractivity contribution in [3.63, 3.8) is 0 Å². The summed E-state index contributed by atoms with van der Waals surface area (Å²) in [6.45, 7) is 2.02. The maximum atomic E-state index is 12.0. The fourth-order valence-corrected chi connectivity index (χ4v) is 2.85. The number of unbranched alkanes of at least 4 members (excludes halogenated alkanes) is 2. The van der Waals surface area contributed by atoms with E-state index in [9.17, 15) is 13.5 Å². The van der Waals surface area contributed by atoms with Gasteiger partial charge in [0.1, 0.15) is 5.75 Å². The van der Waals surface area contributed by atoms with Crippen LogP contribution in [0.25, 0.3) is 0 Å². The number of phenolic OH excluding ortho intramolecular Hbond substituents is 1. The van der Waals surface area contributed by atoms with Gasteiger partial charge in [-0.1, -0.05) is 19.8 Å². The largest absolute Gasteiger partial charge is 0.506 e. The van der Waals surface area contributed by atoms with Crippen LogP contribution < -0.4 is 10.0 Å². The lowest BCUT2D eigenvalue weighted by molar-refractivity contribution is 0.478. The molecule has 0 bridgehead atoms. The van der Waals surface area contributed by atoms with Crippen LogP contribution >= 0.6 is 0 Å². The van der Waals surface area contributed by atoms with Crippen molar-refractivity contribution in [1.82, 2.24) is 0 Å². The highest BCUT2D eigenvalue weighted by Gasteiger charge is 2.18. The van der Waals surface area contributed by atoms with Crippen molar-refractivity contribution in [3.8, 4) is 5.75 Å². The summed E-state index contributed by atoms with van der Waals surface area (Å²) in [5, 5.41) is 9.31. The second kappa shape index (κ2) is 5.95. The number of aromatic hydroxyl groups is 1. The van der Waals surface area contributed by atoms with Gasteiger partial charge in [-0.25, -0.2) is 8.42 Å². The second-order valence-corrected chi connectivity index (χ2v) is 6.35. The van der Waals surface area contributed by atoms with Crippen LogP contribution in [0.3, 0.4) is 0 Å². The Morgan fingerprint density at radius 3 is 2.56 bits per heavy atom. The van der Waals surface area contributed by atoms with Crippen molar-refractivity contribution in [2.24, 2.45) is 0 Å². The van der Waals surface area contributed by atoms with Crippen molar-refractivity contribution in [3.05, 3.63) is 18.2 Å². The van der Waals surface area contributed by atoms with E-state index in [-0.39, 0.29) is 17.2 Å². The van der Waals surface area contributed by atoms with Crippen LogP contribution in [-0.2, 0) is 10.0 Å². The summed E-state index contributed by atoms with van der Waals surface area (Å²) < 4.78 is 25.3. The van der Waals surface area contributed by atoms with E-state index in [1.165, 1.54) is 29.6 Å². The van der Waals surface area contributed by atoms with E-state index in [0.717, 1.165) is 12.8 Å². The summed E-state index contributed by atoms with van der Waals surface area (Å²) in [4.78, 5) is 0. The van der Waals surface area contributed by atoms with E-state index in [0.29, 0.717) is 12.1 Å². The molecule has 0 aliphatic carbocycles. The number of sulfonamides is 1. The standard InChI is InChI=1S/C12H20N2O3S/c1-3-4-5-8-18(16,17)14(2)10-6-7-12(15)11(13)9-10/h6-7,9,15H,3-5,8,13H2,1-2H3. The quantitative estimate of drug-likeness (QED) is 0.471. The Labute approximate surface area is 108 Å². The summed E-state index contributed by atoms with van der Waals surface area (Å²) in [7, 11) is -1.83. The highest BCUT2D eigenvalue weighted by Crippen LogP contribution is 2.26. The molecule has 3 N–H and O–H groups in total. The molecule has 18 heavy (non-hydrogen) atoms. The number of phenols is 1. The molecule has 0 spiro atoms. The Morgan fingerprint density at radius 2 is 2.00 bits per heavy atom. The summed E-state index contributed by atoms with van der Waals surface area (Å²) in [5.41, 5.74) is 6.18. The molecule has 6 heteroatoms. The van der Waals surface area contributed by atoms with Gasteiger partial charge in [0.25, 0.3) is 0 Å². The molecular formula is C12H20N2O3S. The number of nitrogens with two attached hydrogens (primary N) is 1. The molecule has 0 radical (unpaired) electrons. The van der Waals surface area contributed by atoms with Gasteiger partial charge in [-0.3, -0.25) is 4.31 Å². The zero-order valence-corrected chi connectivity index (χ0v) is 11.6. The molecule has 0 saturated heterocycles. The minimum atomic E-state index is -3.32. The zero-order valence-electron chi connectivity index (χ0n) is 10.8. The summed E-state index contributed by atoms with van der Waals surface area (Å²) in [5.74, 6) is 0.0773. The first-order valence-corrected chi connectivity index (χ1v) is 7.54. The third-order valence-corrected chi connectivity index (χ3v) is 4.65. The van der Waals surface area contributed by atoms with E-state index in [4.69, 9.17) is 5.73 Å². The first-order valence-electron chi connectivity index (χ1n) is 5.93. The third-order valence-electron chi connectivity index (χ3n) is 2.80. The maximum absolute atomic E-state index is 12.0. The minimum absolute atomic E-state index is 0.0458. The first-order chi connectivity index (χ1) is 8.38. The van der Waals surface area contributed by atoms with Gasteiger partial charge in [0.2, 0.25) is 10.0 Å². The molecule has 0 aliphatic rings. The fraction of sp³-hybridized carbons (Fsp3) is 0.500. The van der Waals surface area contributed by atoms with E-state index in [1.807, 2.05) is 6.92 Å². The average molecular weight is 272 g/mol. The Kier molecular flexibility index (Phi) is 4.84. The predicted molar refractivity (Wildman–Crippen MR) is 74.2 cm³/mol. The molecule has 102 valence electrons. The Bertz CT molecular complexity index is 500. The Balaban J connectivity index is 2.85. The van der Waals surface area contributed by atoms with Crippen LogP contribution in [0.15, 0.2) is 18.2 Å². The lowest BCUT2D eigenvalue weighted by Gasteiger charge is -2.20. The van der Waals surface area contributed by atoms with Crippen LogP contribution in [0.2, 0.25) is 0 Å². The molecule has 1 rings (SSSR count). The highest BCUT2D eigenvalue weighted by molar-refractivity contribution is 7.92. The smallest absolute Gasteiger partial charge is 0.234 e. The van der Waals surface area contributed by atoms with Gasteiger partial charge in [-0.2, -0.15) is 0 Å². The van der Waals surface area contributed by atoms with Crippen molar-refractivity contribution in [1.29, 1.82) is 0 Å². The third kappa shape index (κ3) is 3.53. The van der Waals surface area contributed by atoms with Gasteiger partial charge in [0.15, 0.2) is 0 Å². The van der Waals surface area contributed by atoms with Gasteiger partial charge in [-0.05, 0) is 24.6 Å². The second-order valence-electron chi connectivity index (χ2n) is 4.23. The molecule has 0 aliphatic heterocycles. The maximum Gasteiger partial charge on any atom is 0.234 e. The summed E-state index contributed by atoms with van der Waals surface area (Å²) in [6, 6.07) is 4.37. The Hall–Kier alpha value is -1.43. The van der Waals surface area contributed by atoms with Gasteiger partial charge < -0.3 is 10.8 Å². The molecule has 0 amide bonds. The molecule has 1 aromatic carbocycles. The number of nitrogens with zero attached hydrogens (tertiary/aromatic N) is 1. The van der Waals surface area contributed by atoms with Gasteiger partial charge in [0, 0.05) is 7.05 Å². The minimum Gasteiger partial charge on any atom is -0.506 e. The number of rotatable bonds is 6. The molecule has 0 fully saturated rings. The van der Waals surface area contributed by atoms with Gasteiger partial charge in [0.05, 0.1) is 17.1 Å². The molecule has 1 aromatic rings. The number of hydrogen-bond acceptors (Lipinski definition) is 4. The lowest BCUT2D eigenvalue weighted by atomic mass is 10.2. The summed E-state index contributed by atoms with van der Waals surface area (Å²) >= 11 is 0. The number of nitrogen functional groups attached to an aromatic ring is 1. The van der Waals surface area contributed by atoms with Crippen LogP contribution in [0, 0.1) is 0 Å². The summed E-state index contributed by atoms with van der Waals surface area (Å²) in [6.07, 6.45) is 2.52. The number of anilines is 2. The molecule has 0 unspecified atom stereocenters. The number of benzene rings is 1. The topological polar surface area (TPSA) is 83.6 Å². The average Bonchev–Trinajstić information content (AvgIpc) is 2.32. The van der Waals surface area contributed by atoms with Gasteiger partial charge >= 0.3 is 0 Å². The SMILES string of the molecule is CCCCCS(=O)(=O)N(C)c1ccc(O)c(N)c1. The van der Waals surface area contributed by atoms with Crippen molar-refractivity contribution in [2.75, 3.05) is 22.8 Å². The normalized spacial score (nSPS) is 11.4. The molecular weight excluding hydrogens is 252 g/mol.